The van der Waals surface area contributed by atoms with Crippen molar-refractivity contribution >= 4 is 11.9 Å². The molecule has 0 saturated carbocycles. The molecule has 1 fully saturated rings. The van der Waals surface area contributed by atoms with Crippen molar-refractivity contribution < 1.29 is 14.7 Å². The van der Waals surface area contributed by atoms with Crippen molar-refractivity contribution in [2.24, 2.45) is 5.92 Å². The number of nitrogens with zero attached hydrogens (tertiary/aromatic N) is 1. The van der Waals surface area contributed by atoms with Crippen LogP contribution in [0, 0.1) is 5.92 Å². The maximum atomic E-state index is 11.9. The van der Waals surface area contributed by atoms with Gasteiger partial charge in [0.15, 0.2) is 0 Å². The van der Waals surface area contributed by atoms with E-state index in [0.29, 0.717) is 13.0 Å². The molecule has 17 heavy (non-hydrogen) atoms. The van der Waals surface area contributed by atoms with Crippen LogP contribution in [0.1, 0.15) is 34.1 Å². The first kappa shape index (κ1) is 14.0. The Morgan fingerprint density at radius 1 is 1.41 bits per heavy atom. The summed E-state index contributed by atoms with van der Waals surface area (Å²) in [5, 5.41) is 12.1. The van der Waals surface area contributed by atoms with E-state index < -0.39 is 11.9 Å². The molecule has 0 aliphatic carbocycles. The summed E-state index contributed by atoms with van der Waals surface area (Å²) < 4.78 is 0. The van der Waals surface area contributed by atoms with Crippen LogP contribution in [0.15, 0.2) is 0 Å². The van der Waals surface area contributed by atoms with Gasteiger partial charge in [0.1, 0.15) is 0 Å². The second-order valence-corrected chi connectivity index (χ2v) is 5.66. The van der Waals surface area contributed by atoms with E-state index in [2.05, 4.69) is 5.32 Å². The highest BCUT2D eigenvalue weighted by Crippen LogP contribution is 2.24. The molecule has 5 heteroatoms. The number of carbonyl (C=O) groups excluding carboxylic acids is 1. The Balaban J connectivity index is 2.52. The Morgan fingerprint density at radius 3 is 2.41 bits per heavy atom. The molecule has 1 amide bonds. The number of carboxylic acids is 1. The molecule has 5 nitrogen and oxygen atoms in total. The number of carboxylic acid groups (broad SMARTS) is 1. The third kappa shape index (κ3) is 3.70. The minimum Gasteiger partial charge on any atom is -0.481 e. The zero-order valence-corrected chi connectivity index (χ0v) is 11.0. The second-order valence-electron chi connectivity index (χ2n) is 5.66. The predicted molar refractivity (Wildman–Crippen MR) is 64.7 cm³/mol. The van der Waals surface area contributed by atoms with Crippen molar-refractivity contribution in [2.75, 3.05) is 13.1 Å². The van der Waals surface area contributed by atoms with Gasteiger partial charge in [-0.3, -0.25) is 9.59 Å². The molecule has 0 spiro atoms. The van der Waals surface area contributed by atoms with E-state index in [1.165, 1.54) is 0 Å². The topological polar surface area (TPSA) is 69.6 Å². The lowest BCUT2D eigenvalue weighted by Gasteiger charge is -2.26. The maximum absolute atomic E-state index is 11.9. The van der Waals surface area contributed by atoms with Gasteiger partial charge >= 0.3 is 5.97 Å². The molecule has 0 aromatic rings. The lowest BCUT2D eigenvalue weighted by molar-refractivity contribution is -0.143. The number of nitrogens with one attached hydrogen (secondary N) is 1. The molecule has 2 atom stereocenters. The first-order valence-electron chi connectivity index (χ1n) is 5.99. The Hall–Kier alpha value is -1.10. The van der Waals surface area contributed by atoms with Gasteiger partial charge in [0.05, 0.1) is 12.5 Å². The highest BCUT2D eigenvalue weighted by molar-refractivity contribution is 5.81. The number of carbonyl (C=O) groups is 2. The number of rotatable bonds is 3. The van der Waals surface area contributed by atoms with E-state index in [0.717, 1.165) is 0 Å². The third-order valence-electron chi connectivity index (χ3n) is 3.16. The van der Waals surface area contributed by atoms with Crippen LogP contribution < -0.4 is 5.32 Å². The summed E-state index contributed by atoms with van der Waals surface area (Å²) in [6.07, 6.45) is 0.553. The first-order valence-corrected chi connectivity index (χ1v) is 5.99. The summed E-state index contributed by atoms with van der Waals surface area (Å²) in [6, 6.07) is -0.207. The van der Waals surface area contributed by atoms with Gasteiger partial charge in [-0.05, 0) is 34.1 Å². The Kier molecular flexibility index (Phi) is 4.14. The average molecular weight is 242 g/mol. The lowest BCUT2D eigenvalue weighted by atomic mass is 10.0. The largest absolute Gasteiger partial charge is 0.481 e. The van der Waals surface area contributed by atoms with Crippen LogP contribution >= 0.6 is 0 Å². The van der Waals surface area contributed by atoms with Crippen molar-refractivity contribution in [1.82, 2.24) is 10.2 Å². The summed E-state index contributed by atoms with van der Waals surface area (Å²) in [7, 11) is 0. The van der Waals surface area contributed by atoms with Crippen LogP contribution in [0.4, 0.5) is 0 Å². The van der Waals surface area contributed by atoms with Crippen molar-refractivity contribution in [3.63, 3.8) is 0 Å². The van der Waals surface area contributed by atoms with Gasteiger partial charge in [-0.2, -0.15) is 0 Å². The number of hydrogen-bond donors (Lipinski definition) is 2. The van der Waals surface area contributed by atoms with Crippen molar-refractivity contribution in [3.8, 4) is 0 Å². The number of hydrogen-bond acceptors (Lipinski definition) is 3. The molecule has 1 saturated heterocycles. The van der Waals surface area contributed by atoms with Crippen LogP contribution in [0.3, 0.4) is 0 Å². The van der Waals surface area contributed by atoms with E-state index in [4.69, 9.17) is 5.11 Å². The molecule has 1 aliphatic rings. The zero-order chi connectivity index (χ0) is 13.2. The van der Waals surface area contributed by atoms with Crippen LogP contribution in [0.25, 0.3) is 0 Å². The monoisotopic (exact) mass is 242 g/mol. The fraction of sp³-hybridized carbons (Fsp3) is 0.833. The normalized spacial score (nSPS) is 25.1. The van der Waals surface area contributed by atoms with Crippen molar-refractivity contribution in [3.05, 3.63) is 0 Å². The van der Waals surface area contributed by atoms with Gasteiger partial charge in [-0.25, -0.2) is 0 Å². The van der Waals surface area contributed by atoms with E-state index in [9.17, 15) is 9.59 Å². The molecule has 2 N–H and O–H groups in total. The summed E-state index contributed by atoms with van der Waals surface area (Å²) in [4.78, 5) is 24.5. The second kappa shape index (κ2) is 5.04. The Bertz CT molecular complexity index is 309. The van der Waals surface area contributed by atoms with Crippen LogP contribution in [-0.4, -0.2) is 46.6 Å². The molecule has 0 radical (unpaired) electrons. The molecule has 98 valence electrons. The average Bonchev–Trinajstić information content (AvgIpc) is 2.55. The fourth-order valence-corrected chi connectivity index (χ4v) is 2.06. The maximum Gasteiger partial charge on any atom is 0.308 e. The fourth-order valence-electron chi connectivity index (χ4n) is 2.06. The molecule has 1 rings (SSSR count). The first-order chi connectivity index (χ1) is 7.72. The number of amides is 1. The molecule has 0 bridgehead atoms. The Morgan fingerprint density at radius 2 is 2.00 bits per heavy atom. The number of aliphatic carboxylic acids is 1. The molecule has 2 unspecified atom stereocenters. The van der Waals surface area contributed by atoms with Crippen LogP contribution in [0.2, 0.25) is 0 Å². The van der Waals surface area contributed by atoms with Gasteiger partial charge in [0.25, 0.3) is 0 Å². The van der Waals surface area contributed by atoms with Gasteiger partial charge in [-0.15, -0.1) is 0 Å². The molecule has 1 heterocycles. The van der Waals surface area contributed by atoms with E-state index >= 15 is 0 Å². The van der Waals surface area contributed by atoms with Crippen LogP contribution in [-0.2, 0) is 9.59 Å². The van der Waals surface area contributed by atoms with Gasteiger partial charge in [0, 0.05) is 18.1 Å². The minimum atomic E-state index is -0.809. The van der Waals surface area contributed by atoms with Gasteiger partial charge < -0.3 is 15.3 Å². The summed E-state index contributed by atoms with van der Waals surface area (Å²) in [5.41, 5.74) is -0.106. The van der Waals surface area contributed by atoms with E-state index in [1.54, 1.807) is 11.8 Å². The standard InChI is InChI=1S/C12H22N2O3/c1-8-9(11(16)17)5-6-14(8)10(15)7-13-12(2,3)4/h8-9,13H,5-7H2,1-4H3,(H,16,17). The number of likely N-dealkylation sites (tertiary alicyclic amines) is 1. The molecular formula is C12H22N2O3. The smallest absolute Gasteiger partial charge is 0.308 e. The molecule has 1 aliphatic heterocycles. The summed E-state index contributed by atoms with van der Waals surface area (Å²) in [6.45, 7) is 8.60. The Labute approximate surface area is 102 Å². The summed E-state index contributed by atoms with van der Waals surface area (Å²) >= 11 is 0. The SMILES string of the molecule is CC1C(C(=O)O)CCN1C(=O)CNC(C)(C)C. The predicted octanol–water partition coefficient (Wildman–Crippen LogP) is 0.696. The van der Waals surface area contributed by atoms with Gasteiger partial charge in [-0.1, -0.05) is 0 Å². The molecule has 0 aromatic carbocycles. The third-order valence-corrected chi connectivity index (χ3v) is 3.16. The van der Waals surface area contributed by atoms with Gasteiger partial charge in [0.2, 0.25) is 5.91 Å². The van der Waals surface area contributed by atoms with Crippen molar-refractivity contribution in [1.29, 1.82) is 0 Å². The van der Waals surface area contributed by atoms with Crippen molar-refractivity contribution in [2.45, 2.75) is 45.7 Å². The highest BCUT2D eigenvalue weighted by atomic mass is 16.4. The molecular weight excluding hydrogens is 220 g/mol. The molecule has 0 aromatic heterocycles. The van der Waals surface area contributed by atoms with E-state index in [1.807, 2.05) is 20.8 Å². The summed E-state index contributed by atoms with van der Waals surface area (Å²) in [5.74, 6) is -1.25. The van der Waals surface area contributed by atoms with Crippen LogP contribution in [0.5, 0.6) is 0 Å². The quantitative estimate of drug-likeness (QED) is 0.764. The van der Waals surface area contributed by atoms with E-state index in [-0.39, 0.29) is 24.0 Å². The lowest BCUT2D eigenvalue weighted by Crippen LogP contribution is -2.46. The zero-order valence-electron chi connectivity index (χ0n) is 11.0. The highest BCUT2D eigenvalue weighted by Gasteiger charge is 2.37. The minimum absolute atomic E-state index is 0.0174.